The van der Waals surface area contributed by atoms with Crippen molar-refractivity contribution in [2.45, 2.75) is 265 Å². The number of alkyl carbamates (subject to hydrolysis) is 3. The van der Waals surface area contributed by atoms with Gasteiger partial charge in [0.2, 0.25) is 0 Å². The van der Waals surface area contributed by atoms with Crippen LogP contribution in [0.5, 0.6) is 0 Å². The highest BCUT2D eigenvalue weighted by atomic mass is 79.9. The van der Waals surface area contributed by atoms with Gasteiger partial charge >= 0.3 is 30.5 Å². The van der Waals surface area contributed by atoms with Crippen LogP contribution < -0.4 is 21.7 Å². The van der Waals surface area contributed by atoms with Gasteiger partial charge in [-0.3, -0.25) is 9.59 Å². The normalized spacial score (nSPS) is 11.7. The monoisotopic (exact) mass is 2140 g/mol. The van der Waals surface area contributed by atoms with Gasteiger partial charge in [0, 0.05) is 109 Å². The number of rotatable bonds is 16. The molecule has 676 valence electrons. The third-order valence-corrected chi connectivity index (χ3v) is 20.1. The highest BCUT2D eigenvalue weighted by molar-refractivity contribution is 9.11. The van der Waals surface area contributed by atoms with Gasteiger partial charge in [-0.25, -0.2) is 28.9 Å². The number of carbonyl (C=O) groups excluding carboxylic acids is 7. The van der Waals surface area contributed by atoms with Crippen LogP contribution in [-0.4, -0.2) is 80.0 Å². The van der Waals surface area contributed by atoms with Crippen molar-refractivity contribution in [1.82, 2.24) is 20.9 Å². The number of nitrogens with zero attached hydrogens (tertiary/aromatic N) is 1. The molecule has 0 aliphatic carbocycles. The Labute approximate surface area is 801 Å². The fourth-order valence-electron chi connectivity index (χ4n) is 9.49. The molecule has 30 heteroatoms. The highest BCUT2D eigenvalue weighted by Gasteiger charge is 2.33. The summed E-state index contributed by atoms with van der Waals surface area (Å²) in [6, 6.07) is 38.3. The first-order chi connectivity index (χ1) is 55.6. The van der Waals surface area contributed by atoms with Crippen LogP contribution in [0.3, 0.4) is 0 Å². The maximum atomic E-state index is 12.4. The van der Waals surface area contributed by atoms with E-state index in [0.29, 0.717) is 74.2 Å². The lowest BCUT2D eigenvalue weighted by atomic mass is 9.87. The van der Waals surface area contributed by atoms with Crippen molar-refractivity contribution < 1.29 is 62.4 Å². The van der Waals surface area contributed by atoms with Crippen LogP contribution in [0.15, 0.2) is 145 Å². The number of aliphatic hydroxyl groups excluding tert-OH is 1. The van der Waals surface area contributed by atoms with Gasteiger partial charge in [-0.1, -0.05) is 284 Å². The number of imide groups is 1. The topological polar surface area (TPSA) is 251 Å². The summed E-state index contributed by atoms with van der Waals surface area (Å²) in [5.41, 5.74) is 10.5. The molecule has 0 heterocycles. The second-order valence-electron chi connectivity index (χ2n) is 36.6. The Balaban J connectivity index is 0.000000727. The van der Waals surface area contributed by atoms with Gasteiger partial charge in [-0.05, 0) is 245 Å². The average molecular weight is 2150 g/mol. The van der Waals surface area contributed by atoms with E-state index in [0.717, 1.165) is 77.1 Å². The minimum absolute atomic E-state index is 0.00387. The van der Waals surface area contributed by atoms with Gasteiger partial charge in [0.15, 0.2) is 11.6 Å². The molecule has 0 bridgehead atoms. The smallest absolute Gasteiger partial charge is 0.420 e. The van der Waals surface area contributed by atoms with E-state index in [4.69, 9.17) is 111 Å². The third kappa shape index (κ3) is 52.2. The number of Topliss-reactive ketones (excluding diaryl/α,β-unsaturated/α-hetero) is 2. The summed E-state index contributed by atoms with van der Waals surface area (Å²) in [7, 11) is 0. The van der Waals surface area contributed by atoms with E-state index in [1.807, 2.05) is 157 Å². The number of nitrogens with two attached hydrogens (primary N) is 1. The highest BCUT2D eigenvalue weighted by Crippen LogP contribution is 2.34. The molecular formula is C92H121Br5Cl7N5O13. The molecule has 5 amide bonds. The average Bonchev–Trinajstić information content (AvgIpc) is 0.818. The van der Waals surface area contributed by atoms with E-state index in [2.05, 4.69) is 116 Å². The lowest BCUT2D eigenvalue weighted by molar-refractivity contribution is -0.000442. The molecule has 1 unspecified atom stereocenters. The fourth-order valence-corrected chi connectivity index (χ4v) is 13.8. The van der Waals surface area contributed by atoms with Gasteiger partial charge in [-0.2, -0.15) is 0 Å². The Morgan fingerprint density at radius 2 is 0.664 bits per heavy atom. The van der Waals surface area contributed by atoms with E-state index < -0.39 is 64.6 Å². The van der Waals surface area contributed by atoms with Crippen molar-refractivity contribution in [2.24, 2.45) is 22.0 Å². The number of ketones is 2. The standard InChI is InChI=1S/C18H28ClNO3.C18H26ClNO3.C17H23BrClNO4.C13H18ClNO.C12H15BrClNO2.C7H5Br2Cl.C7H6BrCl/c2*1-17(2,3)10-15(21)12-7-8-13(14(19)9-12)11-20-16(22)23-18(4,5)6;1-16(2,3)23-14(21)20(15(22)24-17(4,5)6)10-11-7-8-12(18)9-13(11)19;1-13(2,3)7-12(16)9-4-5-10(8-15)11(14)6-9;1-12(2,3)17-11(16)15-7-8-4-5-9(13)6-10(8)14;8-4-5-1-2-6(9)3-7(5)10;1-5-2-3-6(8)4-7(5)9/h7-9,15,21H,10-11H2,1-6H3,(H,20,22);7-9H,10-11H2,1-6H3,(H,20,22);7-9H,10H2,1-6H3;4-6H,7-8,15H2,1-3H3;4-6H,7H2,1-3H3,(H,15,16);1-3H,4H2;2-4H,1H3. The van der Waals surface area contributed by atoms with Crippen molar-refractivity contribution in [3.05, 3.63) is 236 Å². The van der Waals surface area contributed by atoms with Crippen LogP contribution in [0.2, 0.25) is 35.2 Å². The zero-order valence-corrected chi connectivity index (χ0v) is 87.7. The van der Waals surface area contributed by atoms with E-state index in [-0.39, 0.29) is 47.4 Å². The Hall–Kier alpha value is -5.22. The summed E-state index contributed by atoms with van der Waals surface area (Å²) in [6.45, 7) is 48.3. The third-order valence-electron chi connectivity index (χ3n) is 15.0. The Kier molecular flexibility index (Phi) is 49.2. The van der Waals surface area contributed by atoms with Gasteiger partial charge in [0.25, 0.3) is 0 Å². The molecule has 0 fully saturated rings. The van der Waals surface area contributed by atoms with Crippen molar-refractivity contribution in [3.8, 4) is 0 Å². The molecule has 7 rings (SSSR count). The number of halogens is 12. The maximum absolute atomic E-state index is 12.4. The Morgan fingerprint density at radius 3 is 0.943 bits per heavy atom. The minimum Gasteiger partial charge on any atom is -0.444 e. The van der Waals surface area contributed by atoms with E-state index in [1.54, 1.807) is 123 Å². The number of carbonyl (C=O) groups is 7. The number of alkyl halides is 1. The summed E-state index contributed by atoms with van der Waals surface area (Å²) in [5, 5.41) is 23.3. The first kappa shape index (κ1) is 115. The summed E-state index contributed by atoms with van der Waals surface area (Å²) >= 11 is 59.0. The minimum atomic E-state index is -0.782. The van der Waals surface area contributed by atoms with Gasteiger partial charge in [0.1, 0.15) is 28.0 Å². The molecule has 0 aliphatic rings. The van der Waals surface area contributed by atoms with Crippen LogP contribution in [-0.2, 0) is 61.7 Å². The van der Waals surface area contributed by atoms with E-state index in [9.17, 15) is 38.7 Å². The second-order valence-corrected chi connectivity index (χ2v) is 43.7. The molecule has 0 aromatic heterocycles. The number of aryl methyl sites for hydroxylation is 1. The van der Waals surface area contributed by atoms with Crippen LogP contribution in [0.25, 0.3) is 0 Å². The summed E-state index contributed by atoms with van der Waals surface area (Å²) in [6.07, 6.45) is -1.92. The molecule has 0 saturated heterocycles. The molecule has 1 atom stereocenters. The molecule has 0 radical (unpaired) electrons. The number of ether oxygens (including phenoxy) is 5. The summed E-state index contributed by atoms with van der Waals surface area (Å²) < 4.78 is 29.8. The number of amides is 5. The molecule has 7 aromatic carbocycles. The van der Waals surface area contributed by atoms with Crippen molar-refractivity contribution in [2.75, 3.05) is 0 Å². The van der Waals surface area contributed by atoms with Crippen LogP contribution in [0.1, 0.15) is 257 Å². The van der Waals surface area contributed by atoms with Crippen molar-refractivity contribution in [3.63, 3.8) is 0 Å². The molecule has 18 nitrogen and oxygen atoms in total. The van der Waals surface area contributed by atoms with E-state index in [1.165, 1.54) is 0 Å². The predicted octanol–water partition coefficient (Wildman–Crippen LogP) is 30.5. The molecule has 7 aromatic rings. The quantitative estimate of drug-likeness (QED) is 0.0343. The molecule has 0 spiro atoms. The molecule has 6 N–H and O–H groups in total. The maximum Gasteiger partial charge on any atom is 0.420 e. The van der Waals surface area contributed by atoms with Crippen molar-refractivity contribution >= 4 is 203 Å². The zero-order valence-electron chi connectivity index (χ0n) is 74.5. The lowest BCUT2D eigenvalue weighted by Crippen LogP contribution is -2.43. The Bertz CT molecular complexity index is 4570. The largest absolute Gasteiger partial charge is 0.444 e. The number of hydrogen-bond acceptors (Lipinski definition) is 14. The van der Waals surface area contributed by atoms with E-state index >= 15 is 0 Å². The number of nitrogens with one attached hydrogen (secondary N) is 3. The molecule has 0 saturated carbocycles. The summed E-state index contributed by atoms with van der Waals surface area (Å²) in [4.78, 5) is 84.6. The first-order valence-corrected chi connectivity index (χ1v) is 45.7. The Morgan fingerprint density at radius 1 is 0.377 bits per heavy atom. The lowest BCUT2D eigenvalue weighted by Gasteiger charge is -2.28. The predicted molar refractivity (Wildman–Crippen MR) is 519 cm³/mol. The summed E-state index contributed by atoms with van der Waals surface area (Å²) in [5.74, 6) is 0.184. The molecular weight excluding hydrogens is 2030 g/mol. The van der Waals surface area contributed by atoms with Gasteiger partial charge < -0.3 is 50.5 Å². The van der Waals surface area contributed by atoms with Gasteiger partial charge in [-0.15, -0.1) is 0 Å². The van der Waals surface area contributed by atoms with Crippen LogP contribution in [0, 0.1) is 23.2 Å². The number of aliphatic hydroxyl groups is 1. The van der Waals surface area contributed by atoms with Crippen LogP contribution in [0.4, 0.5) is 24.0 Å². The fraction of sp³-hybridized carbons (Fsp3) is 0.467. The first-order valence-electron chi connectivity index (χ1n) is 38.8. The zero-order chi connectivity index (χ0) is 94.2. The molecule has 122 heavy (non-hydrogen) atoms. The second kappa shape index (κ2) is 52.3. The van der Waals surface area contributed by atoms with Crippen LogP contribution >= 0.6 is 161 Å². The number of benzene rings is 7. The van der Waals surface area contributed by atoms with Gasteiger partial charge in [0.05, 0.1) is 12.6 Å². The van der Waals surface area contributed by atoms with Crippen molar-refractivity contribution in [1.29, 1.82) is 0 Å². The molecule has 0 aliphatic heterocycles. The number of hydrogen-bond donors (Lipinski definition) is 5. The SMILES string of the molecule is CC(C)(C)CC(=O)c1ccc(CN)c(Cl)c1.CC(C)(C)CC(=O)c1ccc(CNC(=O)OC(C)(C)C)c(Cl)c1.CC(C)(C)CC(O)c1ccc(CNC(=O)OC(C)(C)C)c(Cl)c1.CC(C)(C)OC(=O)N(Cc1ccc(Br)cc1Cl)C(=O)OC(C)(C)C.CC(C)(C)OC(=O)NCc1ccc(Br)cc1Cl.Cc1ccc(Br)cc1Cl.Clc1cc(Br)ccc1CBr.